The number of para-hydroxylation sites is 1. The largest absolute Gasteiger partial charge is 0.352 e. The summed E-state index contributed by atoms with van der Waals surface area (Å²) in [6, 6.07) is 16.0. The maximum absolute atomic E-state index is 13.1. The van der Waals surface area contributed by atoms with E-state index in [1.165, 1.54) is 25.1 Å². The third-order valence-corrected chi connectivity index (χ3v) is 6.49. The lowest BCUT2D eigenvalue weighted by Crippen LogP contribution is -2.40. The van der Waals surface area contributed by atoms with E-state index in [0.29, 0.717) is 17.9 Å². The minimum absolute atomic E-state index is 0.0438. The van der Waals surface area contributed by atoms with Crippen LogP contribution in [-0.4, -0.2) is 42.0 Å². The van der Waals surface area contributed by atoms with Gasteiger partial charge in [0, 0.05) is 30.7 Å². The number of nitrogens with zero attached hydrogens (tertiary/aromatic N) is 2. The number of pyridine rings is 1. The van der Waals surface area contributed by atoms with Crippen LogP contribution in [0.4, 0.5) is 11.5 Å². The number of amides is 1. The molecule has 4 rings (SSSR count). The number of piperidine rings is 1. The van der Waals surface area contributed by atoms with Crippen LogP contribution in [0.25, 0.3) is 10.9 Å². The van der Waals surface area contributed by atoms with Gasteiger partial charge in [0.2, 0.25) is 0 Å². The summed E-state index contributed by atoms with van der Waals surface area (Å²) >= 11 is 0. The Morgan fingerprint density at radius 2 is 1.82 bits per heavy atom. The molecule has 0 radical (unpaired) electrons. The van der Waals surface area contributed by atoms with Crippen LogP contribution in [0, 0.1) is 25.7 Å². The smallest absolute Gasteiger partial charge is 0.252 e. The van der Waals surface area contributed by atoms with Gasteiger partial charge in [-0.2, -0.15) is 0 Å². The van der Waals surface area contributed by atoms with E-state index < -0.39 is 0 Å². The number of aromatic nitrogens is 1. The predicted octanol–water partition coefficient (Wildman–Crippen LogP) is 5.69. The molecule has 174 valence electrons. The first-order valence-corrected chi connectivity index (χ1v) is 12.1. The van der Waals surface area contributed by atoms with Gasteiger partial charge >= 0.3 is 0 Å². The maximum atomic E-state index is 13.1. The normalized spacial score (nSPS) is 18.9. The zero-order valence-corrected chi connectivity index (χ0v) is 20.3. The number of carbonyl (C=O) groups is 1. The molecule has 1 aromatic heterocycles. The van der Waals surface area contributed by atoms with Gasteiger partial charge in [-0.1, -0.05) is 49.7 Å². The molecule has 0 unspecified atom stereocenters. The quantitative estimate of drug-likeness (QED) is 0.460. The fourth-order valence-electron chi connectivity index (χ4n) is 5.09. The molecule has 1 aliphatic rings. The predicted molar refractivity (Wildman–Crippen MR) is 137 cm³/mol. The van der Waals surface area contributed by atoms with Crippen molar-refractivity contribution < 1.29 is 4.79 Å². The Hall–Kier alpha value is -2.92. The van der Waals surface area contributed by atoms with Crippen molar-refractivity contribution in [3.05, 3.63) is 65.2 Å². The van der Waals surface area contributed by atoms with Crippen LogP contribution in [0.15, 0.2) is 48.5 Å². The van der Waals surface area contributed by atoms with Crippen LogP contribution in [0.1, 0.15) is 48.2 Å². The number of fused-ring (bicyclic) bond motifs is 1. The number of aryl methyl sites for hydroxylation is 2. The molecule has 1 saturated heterocycles. The van der Waals surface area contributed by atoms with Crippen molar-refractivity contribution in [2.45, 2.75) is 40.5 Å². The molecule has 0 aliphatic carbocycles. The molecule has 2 aromatic carbocycles. The van der Waals surface area contributed by atoms with Crippen molar-refractivity contribution in [2.75, 3.05) is 31.5 Å². The third-order valence-electron chi connectivity index (χ3n) is 6.49. The summed E-state index contributed by atoms with van der Waals surface area (Å²) in [5.74, 6) is 2.16. The number of rotatable bonds is 7. The first-order valence-electron chi connectivity index (χ1n) is 12.1. The second-order valence-corrected chi connectivity index (χ2v) is 9.83. The fourth-order valence-corrected chi connectivity index (χ4v) is 5.09. The first kappa shape index (κ1) is 23.2. The number of likely N-dealkylation sites (tertiary alicyclic amines) is 1. The standard InChI is InChI=1S/C28H36N4O/c1-19-10-11-25(22(4)15-19)30-27-16-24(23-8-5-6-9-26(23)31-27)28(33)29-12-7-13-32-17-20(2)14-21(3)18-32/h5-6,8-11,15-16,20-21H,7,12-14,17-18H2,1-4H3,(H,29,33)(H,30,31)/t20-,21-/m1/s1. The topological polar surface area (TPSA) is 57.3 Å². The highest BCUT2D eigenvalue weighted by Gasteiger charge is 2.21. The van der Waals surface area contributed by atoms with Gasteiger partial charge in [0.1, 0.15) is 5.82 Å². The van der Waals surface area contributed by atoms with E-state index in [2.05, 4.69) is 61.4 Å². The van der Waals surface area contributed by atoms with E-state index in [9.17, 15) is 4.79 Å². The molecular weight excluding hydrogens is 408 g/mol. The minimum Gasteiger partial charge on any atom is -0.352 e. The van der Waals surface area contributed by atoms with Gasteiger partial charge in [0.25, 0.3) is 5.91 Å². The van der Waals surface area contributed by atoms with Gasteiger partial charge in [-0.05, 0) is 68.8 Å². The van der Waals surface area contributed by atoms with Crippen molar-refractivity contribution in [1.29, 1.82) is 0 Å². The lowest BCUT2D eigenvalue weighted by atomic mass is 9.92. The molecule has 5 heteroatoms. The van der Waals surface area contributed by atoms with Crippen molar-refractivity contribution in [2.24, 2.45) is 11.8 Å². The van der Waals surface area contributed by atoms with Crippen LogP contribution in [0.2, 0.25) is 0 Å². The van der Waals surface area contributed by atoms with Gasteiger partial charge in [0.15, 0.2) is 0 Å². The van der Waals surface area contributed by atoms with Gasteiger partial charge in [-0.3, -0.25) is 4.79 Å². The molecular formula is C28H36N4O. The summed E-state index contributed by atoms with van der Waals surface area (Å²) in [6.45, 7) is 12.9. The second-order valence-electron chi connectivity index (χ2n) is 9.83. The first-order chi connectivity index (χ1) is 15.9. The molecule has 0 spiro atoms. The average Bonchev–Trinajstić information content (AvgIpc) is 2.77. The molecule has 33 heavy (non-hydrogen) atoms. The Balaban J connectivity index is 1.45. The van der Waals surface area contributed by atoms with Crippen molar-refractivity contribution in [3.8, 4) is 0 Å². The van der Waals surface area contributed by atoms with Crippen molar-refractivity contribution in [3.63, 3.8) is 0 Å². The van der Waals surface area contributed by atoms with E-state index >= 15 is 0 Å². The second kappa shape index (κ2) is 10.3. The van der Waals surface area contributed by atoms with Crippen molar-refractivity contribution in [1.82, 2.24) is 15.2 Å². The van der Waals surface area contributed by atoms with Crippen LogP contribution in [0.5, 0.6) is 0 Å². The molecule has 0 saturated carbocycles. The fraction of sp³-hybridized carbons (Fsp3) is 0.429. The molecule has 1 aliphatic heterocycles. The Morgan fingerprint density at radius 1 is 1.06 bits per heavy atom. The number of benzene rings is 2. The van der Waals surface area contributed by atoms with Gasteiger partial charge in [-0.25, -0.2) is 4.98 Å². The summed E-state index contributed by atoms with van der Waals surface area (Å²) in [7, 11) is 0. The third kappa shape index (κ3) is 5.91. The number of carbonyl (C=O) groups excluding carboxylic acids is 1. The van der Waals surface area contributed by atoms with E-state index in [1.807, 2.05) is 30.3 Å². The Labute approximate surface area is 197 Å². The van der Waals surface area contributed by atoms with E-state index in [0.717, 1.165) is 47.0 Å². The summed E-state index contributed by atoms with van der Waals surface area (Å²) in [4.78, 5) is 20.4. The number of hydrogen-bond donors (Lipinski definition) is 2. The van der Waals surface area contributed by atoms with Gasteiger partial charge in [0.05, 0.1) is 11.1 Å². The minimum atomic E-state index is -0.0438. The molecule has 2 N–H and O–H groups in total. The van der Waals surface area contributed by atoms with Gasteiger partial charge in [-0.15, -0.1) is 0 Å². The van der Waals surface area contributed by atoms with Crippen LogP contribution >= 0.6 is 0 Å². The Morgan fingerprint density at radius 3 is 2.58 bits per heavy atom. The summed E-state index contributed by atoms with van der Waals surface area (Å²) in [6.07, 6.45) is 2.28. The molecule has 3 aromatic rings. The summed E-state index contributed by atoms with van der Waals surface area (Å²) < 4.78 is 0. The SMILES string of the molecule is Cc1ccc(Nc2cc(C(=O)NCCCN3C[C@H](C)C[C@@H](C)C3)c3ccccc3n2)c(C)c1. The number of hydrogen-bond acceptors (Lipinski definition) is 4. The van der Waals surface area contributed by atoms with E-state index in [4.69, 9.17) is 4.98 Å². The average molecular weight is 445 g/mol. The highest BCUT2D eigenvalue weighted by atomic mass is 16.1. The number of nitrogens with one attached hydrogen (secondary N) is 2. The molecule has 1 fully saturated rings. The Bertz CT molecular complexity index is 1120. The number of anilines is 2. The monoisotopic (exact) mass is 444 g/mol. The van der Waals surface area contributed by atoms with Crippen LogP contribution in [-0.2, 0) is 0 Å². The highest BCUT2D eigenvalue weighted by Crippen LogP contribution is 2.25. The van der Waals surface area contributed by atoms with Crippen molar-refractivity contribution >= 4 is 28.3 Å². The summed E-state index contributed by atoms with van der Waals surface area (Å²) in [5, 5.41) is 7.42. The molecule has 2 heterocycles. The van der Waals surface area contributed by atoms with E-state index in [1.54, 1.807) is 0 Å². The van der Waals surface area contributed by atoms with Gasteiger partial charge < -0.3 is 15.5 Å². The molecule has 5 nitrogen and oxygen atoms in total. The van der Waals surface area contributed by atoms with Crippen LogP contribution in [0.3, 0.4) is 0 Å². The lowest BCUT2D eigenvalue weighted by Gasteiger charge is -2.34. The zero-order chi connectivity index (χ0) is 23.4. The zero-order valence-electron chi connectivity index (χ0n) is 20.3. The lowest BCUT2D eigenvalue weighted by molar-refractivity contribution is 0.0949. The Kier molecular flexibility index (Phi) is 7.29. The van der Waals surface area contributed by atoms with Crippen LogP contribution < -0.4 is 10.6 Å². The maximum Gasteiger partial charge on any atom is 0.252 e. The van der Waals surface area contributed by atoms with E-state index in [-0.39, 0.29) is 5.91 Å². The molecule has 1 amide bonds. The molecule has 0 bridgehead atoms. The highest BCUT2D eigenvalue weighted by molar-refractivity contribution is 6.07. The summed E-state index contributed by atoms with van der Waals surface area (Å²) in [5.41, 5.74) is 4.84. The molecule has 2 atom stereocenters.